The van der Waals surface area contributed by atoms with Crippen molar-refractivity contribution < 1.29 is 4.74 Å². The van der Waals surface area contributed by atoms with Gasteiger partial charge in [-0.1, -0.05) is 0 Å². The fraction of sp³-hybridized carbons (Fsp3) is 0.417. The van der Waals surface area contributed by atoms with Crippen molar-refractivity contribution in [3.05, 3.63) is 29.8 Å². The molecule has 6 heteroatoms. The van der Waals surface area contributed by atoms with Gasteiger partial charge in [-0.3, -0.25) is 4.68 Å². The maximum Gasteiger partial charge on any atom is 0.221 e. The topological polar surface area (TPSA) is 64.9 Å². The summed E-state index contributed by atoms with van der Waals surface area (Å²) in [6, 6.07) is 0. The van der Waals surface area contributed by atoms with Crippen LogP contribution in [0.25, 0.3) is 0 Å². The minimum Gasteiger partial charge on any atom is -0.481 e. The SMILES string of the molecule is COc1ncnc(NCCn2cc(C)cn2)c1C. The fourth-order valence-corrected chi connectivity index (χ4v) is 1.70. The van der Waals surface area contributed by atoms with Gasteiger partial charge in [0.15, 0.2) is 0 Å². The molecule has 0 saturated heterocycles. The molecule has 2 rings (SSSR count). The van der Waals surface area contributed by atoms with E-state index < -0.39 is 0 Å². The molecular weight excluding hydrogens is 230 g/mol. The molecule has 0 fully saturated rings. The monoisotopic (exact) mass is 247 g/mol. The average molecular weight is 247 g/mol. The van der Waals surface area contributed by atoms with E-state index in [0.29, 0.717) is 5.88 Å². The lowest BCUT2D eigenvalue weighted by molar-refractivity contribution is 0.393. The number of aryl methyl sites for hydroxylation is 1. The van der Waals surface area contributed by atoms with Gasteiger partial charge < -0.3 is 10.1 Å². The smallest absolute Gasteiger partial charge is 0.221 e. The van der Waals surface area contributed by atoms with Crippen molar-refractivity contribution in [1.29, 1.82) is 0 Å². The predicted octanol–water partition coefficient (Wildman–Crippen LogP) is 1.41. The van der Waals surface area contributed by atoms with Gasteiger partial charge in [0, 0.05) is 12.7 Å². The molecule has 2 aromatic heterocycles. The van der Waals surface area contributed by atoms with Crippen molar-refractivity contribution in [2.45, 2.75) is 20.4 Å². The van der Waals surface area contributed by atoms with E-state index in [0.717, 1.165) is 30.0 Å². The van der Waals surface area contributed by atoms with Gasteiger partial charge in [-0.15, -0.1) is 0 Å². The van der Waals surface area contributed by atoms with Crippen LogP contribution in [-0.2, 0) is 6.54 Å². The molecule has 0 atom stereocenters. The first kappa shape index (κ1) is 12.3. The molecule has 0 aromatic carbocycles. The Morgan fingerprint density at radius 1 is 1.33 bits per heavy atom. The summed E-state index contributed by atoms with van der Waals surface area (Å²) in [5, 5.41) is 7.48. The molecule has 1 N–H and O–H groups in total. The minimum atomic E-state index is 0.599. The molecule has 0 aliphatic carbocycles. The minimum absolute atomic E-state index is 0.599. The number of ether oxygens (including phenoxy) is 1. The van der Waals surface area contributed by atoms with Gasteiger partial charge in [0.25, 0.3) is 0 Å². The number of nitrogens with one attached hydrogen (secondary N) is 1. The summed E-state index contributed by atoms with van der Waals surface area (Å²) in [5.74, 6) is 1.40. The highest BCUT2D eigenvalue weighted by Crippen LogP contribution is 2.19. The number of hydrogen-bond donors (Lipinski definition) is 1. The Hall–Kier alpha value is -2.11. The molecule has 96 valence electrons. The first-order valence-corrected chi connectivity index (χ1v) is 5.79. The molecule has 18 heavy (non-hydrogen) atoms. The quantitative estimate of drug-likeness (QED) is 0.865. The van der Waals surface area contributed by atoms with Crippen LogP contribution in [-0.4, -0.2) is 33.4 Å². The average Bonchev–Trinajstić information content (AvgIpc) is 2.77. The number of rotatable bonds is 5. The number of nitrogens with zero attached hydrogens (tertiary/aromatic N) is 4. The molecule has 0 unspecified atom stereocenters. The Labute approximate surface area is 106 Å². The van der Waals surface area contributed by atoms with Gasteiger partial charge in [0.1, 0.15) is 12.1 Å². The second-order valence-corrected chi connectivity index (χ2v) is 4.06. The molecule has 0 saturated carbocycles. The number of methoxy groups -OCH3 is 1. The summed E-state index contributed by atoms with van der Waals surface area (Å²) < 4.78 is 7.04. The van der Waals surface area contributed by atoms with E-state index in [2.05, 4.69) is 20.4 Å². The van der Waals surface area contributed by atoms with Gasteiger partial charge in [0.05, 0.1) is 25.4 Å². The van der Waals surface area contributed by atoms with Gasteiger partial charge in [-0.25, -0.2) is 9.97 Å². The van der Waals surface area contributed by atoms with Crippen LogP contribution < -0.4 is 10.1 Å². The lowest BCUT2D eigenvalue weighted by atomic mass is 10.3. The van der Waals surface area contributed by atoms with Crippen LogP contribution in [0.2, 0.25) is 0 Å². The normalized spacial score (nSPS) is 10.4. The van der Waals surface area contributed by atoms with Crippen LogP contribution in [0.5, 0.6) is 5.88 Å². The number of hydrogen-bond acceptors (Lipinski definition) is 5. The van der Waals surface area contributed by atoms with E-state index in [1.54, 1.807) is 7.11 Å². The van der Waals surface area contributed by atoms with Gasteiger partial charge in [-0.05, 0) is 19.4 Å². The summed E-state index contributed by atoms with van der Waals surface area (Å²) in [6.45, 7) is 5.50. The lowest BCUT2D eigenvalue weighted by Crippen LogP contribution is -2.13. The molecule has 0 bridgehead atoms. The number of anilines is 1. The van der Waals surface area contributed by atoms with E-state index in [1.165, 1.54) is 6.33 Å². The Bertz CT molecular complexity index is 523. The van der Waals surface area contributed by atoms with E-state index in [1.807, 2.05) is 30.9 Å². The van der Waals surface area contributed by atoms with Crippen molar-refractivity contribution in [2.75, 3.05) is 19.0 Å². The maximum atomic E-state index is 5.14. The summed E-state index contributed by atoms with van der Waals surface area (Å²) >= 11 is 0. The fourth-order valence-electron chi connectivity index (χ4n) is 1.70. The Kier molecular flexibility index (Phi) is 3.76. The van der Waals surface area contributed by atoms with Crippen LogP contribution in [0.15, 0.2) is 18.7 Å². The van der Waals surface area contributed by atoms with E-state index >= 15 is 0 Å². The van der Waals surface area contributed by atoms with Crippen molar-refractivity contribution in [3.63, 3.8) is 0 Å². The zero-order valence-corrected chi connectivity index (χ0v) is 10.8. The second-order valence-electron chi connectivity index (χ2n) is 4.06. The molecule has 0 aliphatic rings. The van der Waals surface area contributed by atoms with Gasteiger partial charge >= 0.3 is 0 Å². The standard InChI is InChI=1S/C12H17N5O/c1-9-6-16-17(7-9)5-4-13-11-10(2)12(18-3)15-8-14-11/h6-8H,4-5H2,1-3H3,(H,13,14,15). The summed E-state index contributed by atoms with van der Waals surface area (Å²) in [5.41, 5.74) is 2.08. The van der Waals surface area contributed by atoms with E-state index in [4.69, 9.17) is 4.74 Å². The molecule has 6 nitrogen and oxygen atoms in total. The van der Waals surface area contributed by atoms with Gasteiger partial charge in [-0.2, -0.15) is 5.10 Å². The molecule has 2 heterocycles. The van der Waals surface area contributed by atoms with Crippen LogP contribution in [0.1, 0.15) is 11.1 Å². The number of aromatic nitrogens is 4. The molecule has 0 amide bonds. The van der Waals surface area contributed by atoms with Crippen molar-refractivity contribution >= 4 is 5.82 Å². The first-order valence-electron chi connectivity index (χ1n) is 5.79. The van der Waals surface area contributed by atoms with E-state index in [-0.39, 0.29) is 0 Å². The highest BCUT2D eigenvalue weighted by Gasteiger charge is 2.06. The molecule has 0 spiro atoms. The second kappa shape index (κ2) is 5.48. The van der Waals surface area contributed by atoms with Gasteiger partial charge in [0.2, 0.25) is 5.88 Å². The van der Waals surface area contributed by atoms with Crippen LogP contribution in [0.4, 0.5) is 5.82 Å². The predicted molar refractivity (Wildman–Crippen MR) is 68.8 cm³/mol. The third kappa shape index (κ3) is 2.77. The van der Waals surface area contributed by atoms with Crippen molar-refractivity contribution in [1.82, 2.24) is 19.7 Å². The lowest BCUT2D eigenvalue weighted by Gasteiger charge is -2.10. The summed E-state index contributed by atoms with van der Waals surface area (Å²) in [4.78, 5) is 8.23. The van der Waals surface area contributed by atoms with Crippen LogP contribution >= 0.6 is 0 Å². The maximum absolute atomic E-state index is 5.14. The Balaban J connectivity index is 1.94. The zero-order chi connectivity index (χ0) is 13.0. The molecule has 0 radical (unpaired) electrons. The first-order chi connectivity index (χ1) is 8.70. The van der Waals surface area contributed by atoms with Crippen molar-refractivity contribution in [3.8, 4) is 5.88 Å². The molecule has 2 aromatic rings. The van der Waals surface area contributed by atoms with Crippen LogP contribution in [0, 0.1) is 13.8 Å². The van der Waals surface area contributed by atoms with E-state index in [9.17, 15) is 0 Å². The summed E-state index contributed by atoms with van der Waals surface area (Å²) in [7, 11) is 1.60. The third-order valence-corrected chi connectivity index (χ3v) is 2.63. The highest BCUT2D eigenvalue weighted by molar-refractivity contribution is 5.47. The Morgan fingerprint density at radius 3 is 2.83 bits per heavy atom. The Morgan fingerprint density at radius 2 is 2.17 bits per heavy atom. The zero-order valence-electron chi connectivity index (χ0n) is 10.8. The van der Waals surface area contributed by atoms with Crippen molar-refractivity contribution in [2.24, 2.45) is 0 Å². The largest absolute Gasteiger partial charge is 0.481 e. The highest BCUT2D eigenvalue weighted by atomic mass is 16.5. The molecule has 0 aliphatic heterocycles. The van der Waals surface area contributed by atoms with Crippen LogP contribution in [0.3, 0.4) is 0 Å². The summed E-state index contributed by atoms with van der Waals surface area (Å²) in [6.07, 6.45) is 5.35. The molecular formula is C12H17N5O. The third-order valence-electron chi connectivity index (χ3n) is 2.63.